The van der Waals surface area contributed by atoms with Crippen LogP contribution in [0.15, 0.2) is 0 Å². The van der Waals surface area contributed by atoms with Crippen molar-refractivity contribution < 1.29 is 9.59 Å². The number of carbonyl (C=O) groups excluding carboxylic acids is 2. The largest absolute Gasteiger partial charge is 0.366 e. The van der Waals surface area contributed by atoms with Gasteiger partial charge in [-0.1, -0.05) is 0 Å². The molecule has 0 radical (unpaired) electrons. The molecule has 0 aromatic carbocycles. The summed E-state index contributed by atoms with van der Waals surface area (Å²) in [5.74, 6) is -0.202. The van der Waals surface area contributed by atoms with E-state index in [2.05, 4.69) is 20.5 Å². The van der Waals surface area contributed by atoms with Gasteiger partial charge in [-0.05, 0) is 0 Å². The van der Waals surface area contributed by atoms with Crippen LogP contribution in [0.4, 0.5) is 5.95 Å². The molecule has 1 aromatic heterocycles. The summed E-state index contributed by atoms with van der Waals surface area (Å²) in [4.78, 5) is 28.2. The molecule has 8 nitrogen and oxygen atoms in total. The van der Waals surface area contributed by atoms with Gasteiger partial charge in [0.15, 0.2) is 0 Å². The van der Waals surface area contributed by atoms with Crippen LogP contribution in [0.1, 0.15) is 17.0 Å². The fourth-order valence-corrected chi connectivity index (χ4v) is 1.49. The molecule has 86 valence electrons. The summed E-state index contributed by atoms with van der Waals surface area (Å²) in [5.41, 5.74) is 5.31. The van der Waals surface area contributed by atoms with E-state index in [1.807, 2.05) is 0 Å². The van der Waals surface area contributed by atoms with Gasteiger partial charge in [-0.25, -0.2) is 0 Å². The maximum absolute atomic E-state index is 11.9. The standard InChI is InChI=1S/C8H12N6O2/c9-8-11-6(12-13-8)7(16)14-3-1-5(15)10-2-4-14/h1-4H2,(H,10,15)(H3,9,11,12,13). The molecule has 1 aliphatic rings. The third-order valence-corrected chi connectivity index (χ3v) is 2.31. The van der Waals surface area contributed by atoms with Crippen LogP contribution in [0.25, 0.3) is 0 Å². The van der Waals surface area contributed by atoms with Crippen molar-refractivity contribution in [3.63, 3.8) is 0 Å². The van der Waals surface area contributed by atoms with E-state index in [1.54, 1.807) is 0 Å². The van der Waals surface area contributed by atoms with E-state index in [9.17, 15) is 9.59 Å². The highest BCUT2D eigenvalue weighted by molar-refractivity contribution is 5.91. The molecule has 2 amide bonds. The number of hydrogen-bond donors (Lipinski definition) is 3. The van der Waals surface area contributed by atoms with Crippen LogP contribution in [-0.2, 0) is 4.79 Å². The molecule has 0 unspecified atom stereocenters. The number of nitrogens with one attached hydrogen (secondary N) is 2. The SMILES string of the molecule is Nc1n[nH]c(C(=O)N2CCNC(=O)CC2)n1. The molecule has 0 aliphatic carbocycles. The zero-order valence-corrected chi connectivity index (χ0v) is 8.56. The van der Waals surface area contributed by atoms with Gasteiger partial charge in [-0.2, -0.15) is 4.98 Å². The lowest BCUT2D eigenvalue weighted by atomic mass is 10.3. The summed E-state index contributed by atoms with van der Waals surface area (Å²) in [6.45, 7) is 1.30. The third-order valence-electron chi connectivity index (χ3n) is 2.31. The Bertz CT molecular complexity index is 414. The lowest BCUT2D eigenvalue weighted by Crippen LogP contribution is -2.34. The van der Waals surface area contributed by atoms with Gasteiger partial charge in [0.1, 0.15) is 0 Å². The molecular weight excluding hydrogens is 212 g/mol. The van der Waals surface area contributed by atoms with Crippen molar-refractivity contribution in [1.29, 1.82) is 0 Å². The number of H-pyrrole nitrogens is 1. The van der Waals surface area contributed by atoms with Crippen LogP contribution in [0.2, 0.25) is 0 Å². The smallest absolute Gasteiger partial charge is 0.291 e. The molecule has 0 bridgehead atoms. The highest BCUT2D eigenvalue weighted by atomic mass is 16.2. The Morgan fingerprint density at radius 1 is 1.44 bits per heavy atom. The van der Waals surface area contributed by atoms with Crippen molar-refractivity contribution >= 4 is 17.8 Å². The maximum atomic E-state index is 11.9. The first kappa shape index (κ1) is 10.4. The third kappa shape index (κ3) is 2.10. The average Bonchev–Trinajstić information content (AvgIpc) is 2.57. The van der Waals surface area contributed by atoms with Gasteiger partial charge in [0.05, 0.1) is 0 Å². The quantitative estimate of drug-likeness (QED) is 0.528. The molecule has 0 spiro atoms. The van der Waals surface area contributed by atoms with E-state index >= 15 is 0 Å². The van der Waals surface area contributed by atoms with E-state index < -0.39 is 0 Å². The number of carbonyl (C=O) groups is 2. The lowest BCUT2D eigenvalue weighted by Gasteiger charge is -2.17. The highest BCUT2D eigenvalue weighted by Gasteiger charge is 2.22. The molecule has 1 aromatic rings. The molecule has 2 heterocycles. The summed E-state index contributed by atoms with van der Waals surface area (Å²) in [6.07, 6.45) is 0.301. The minimum absolute atomic E-state index is 0.0346. The zero-order valence-electron chi connectivity index (χ0n) is 8.56. The van der Waals surface area contributed by atoms with Crippen molar-refractivity contribution in [3.05, 3.63) is 5.82 Å². The Balaban J connectivity index is 2.06. The Labute approximate surface area is 91.2 Å². The fraction of sp³-hybridized carbons (Fsp3) is 0.500. The molecule has 0 saturated carbocycles. The van der Waals surface area contributed by atoms with Crippen molar-refractivity contribution in [3.8, 4) is 0 Å². The number of rotatable bonds is 1. The van der Waals surface area contributed by atoms with Gasteiger partial charge in [-0.3, -0.25) is 14.7 Å². The number of anilines is 1. The summed E-state index contributed by atoms with van der Waals surface area (Å²) in [6, 6.07) is 0. The van der Waals surface area contributed by atoms with E-state index in [0.29, 0.717) is 26.1 Å². The Morgan fingerprint density at radius 3 is 2.94 bits per heavy atom. The van der Waals surface area contributed by atoms with Crippen LogP contribution in [-0.4, -0.2) is 51.5 Å². The van der Waals surface area contributed by atoms with Gasteiger partial charge in [0.2, 0.25) is 17.7 Å². The predicted octanol–water partition coefficient (Wildman–Crippen LogP) is -1.65. The van der Waals surface area contributed by atoms with Crippen LogP contribution >= 0.6 is 0 Å². The molecule has 1 fully saturated rings. The van der Waals surface area contributed by atoms with Crippen molar-refractivity contribution in [2.45, 2.75) is 6.42 Å². The van der Waals surface area contributed by atoms with Crippen molar-refractivity contribution in [1.82, 2.24) is 25.4 Å². The molecule has 1 saturated heterocycles. The first-order chi connectivity index (χ1) is 7.66. The predicted molar refractivity (Wildman–Crippen MR) is 54.3 cm³/mol. The first-order valence-electron chi connectivity index (χ1n) is 4.90. The van der Waals surface area contributed by atoms with Gasteiger partial charge in [0.25, 0.3) is 5.91 Å². The molecule has 1 aliphatic heterocycles. The molecule has 16 heavy (non-hydrogen) atoms. The van der Waals surface area contributed by atoms with Crippen LogP contribution in [0, 0.1) is 0 Å². The molecule has 4 N–H and O–H groups in total. The number of nitrogens with two attached hydrogens (primary N) is 1. The van der Waals surface area contributed by atoms with E-state index in [4.69, 9.17) is 5.73 Å². The number of aromatic nitrogens is 3. The van der Waals surface area contributed by atoms with Crippen LogP contribution in [0.3, 0.4) is 0 Å². The van der Waals surface area contributed by atoms with Crippen molar-refractivity contribution in [2.24, 2.45) is 0 Å². The van der Waals surface area contributed by atoms with E-state index in [0.717, 1.165) is 0 Å². The second-order valence-electron chi connectivity index (χ2n) is 3.43. The summed E-state index contributed by atoms with van der Waals surface area (Å²) in [5, 5.41) is 8.72. The number of aromatic amines is 1. The Kier molecular flexibility index (Phi) is 2.71. The molecule has 0 atom stereocenters. The van der Waals surface area contributed by atoms with E-state index in [-0.39, 0.29) is 23.6 Å². The van der Waals surface area contributed by atoms with Crippen LogP contribution < -0.4 is 11.1 Å². The van der Waals surface area contributed by atoms with Gasteiger partial charge < -0.3 is 16.0 Å². The lowest BCUT2D eigenvalue weighted by molar-refractivity contribution is -0.120. The second-order valence-corrected chi connectivity index (χ2v) is 3.43. The summed E-state index contributed by atoms with van der Waals surface area (Å²) in [7, 11) is 0. The Morgan fingerprint density at radius 2 is 2.25 bits per heavy atom. The normalized spacial score (nSPS) is 16.8. The number of nitrogens with zero attached hydrogens (tertiary/aromatic N) is 3. The molecule has 8 heteroatoms. The number of hydrogen-bond acceptors (Lipinski definition) is 5. The fourth-order valence-electron chi connectivity index (χ4n) is 1.49. The number of amides is 2. The molecular formula is C8H12N6O2. The molecule has 2 rings (SSSR count). The number of nitrogen functional groups attached to an aromatic ring is 1. The second kappa shape index (κ2) is 4.17. The topological polar surface area (TPSA) is 117 Å². The first-order valence-corrected chi connectivity index (χ1v) is 4.90. The Hall–Kier alpha value is -2.12. The van der Waals surface area contributed by atoms with Gasteiger partial charge >= 0.3 is 0 Å². The monoisotopic (exact) mass is 224 g/mol. The van der Waals surface area contributed by atoms with E-state index in [1.165, 1.54) is 4.90 Å². The minimum Gasteiger partial charge on any atom is -0.366 e. The highest BCUT2D eigenvalue weighted by Crippen LogP contribution is 2.03. The van der Waals surface area contributed by atoms with Gasteiger partial charge in [0, 0.05) is 26.1 Å². The minimum atomic E-state index is -0.291. The summed E-state index contributed by atoms with van der Waals surface area (Å²) < 4.78 is 0. The van der Waals surface area contributed by atoms with Crippen LogP contribution in [0.5, 0.6) is 0 Å². The maximum Gasteiger partial charge on any atom is 0.291 e. The zero-order chi connectivity index (χ0) is 11.5. The van der Waals surface area contributed by atoms with Crippen molar-refractivity contribution in [2.75, 3.05) is 25.4 Å². The summed E-state index contributed by atoms with van der Waals surface area (Å²) >= 11 is 0. The average molecular weight is 224 g/mol. The van der Waals surface area contributed by atoms with Gasteiger partial charge in [-0.15, -0.1) is 5.10 Å².